The van der Waals surface area contributed by atoms with Crippen LogP contribution in [-0.4, -0.2) is 30.5 Å². The maximum absolute atomic E-state index is 11.9. The van der Waals surface area contributed by atoms with Gasteiger partial charge < -0.3 is 10.5 Å². The van der Waals surface area contributed by atoms with Crippen LogP contribution in [0.1, 0.15) is 26.3 Å². The Morgan fingerprint density at radius 3 is 2.45 bits per heavy atom. The fourth-order valence-corrected chi connectivity index (χ4v) is 2.78. The van der Waals surface area contributed by atoms with Gasteiger partial charge in [0.25, 0.3) is 0 Å². The monoisotopic (exact) mass is 335 g/mol. The van der Waals surface area contributed by atoms with Crippen molar-refractivity contribution in [3.8, 4) is 5.75 Å². The van der Waals surface area contributed by atoms with E-state index in [4.69, 9.17) is 34.3 Å². The topological polar surface area (TPSA) is 69.4 Å². The van der Waals surface area contributed by atoms with Crippen LogP contribution < -0.4 is 10.5 Å². The summed E-state index contributed by atoms with van der Waals surface area (Å²) in [5, 5.41) is 0.383. The predicted molar refractivity (Wildman–Crippen MR) is 86.4 cm³/mol. The molecule has 0 heterocycles. The average molecular weight is 336 g/mol. The highest BCUT2D eigenvalue weighted by molar-refractivity contribution is 7.92. The number of halogens is 1. The summed E-state index contributed by atoms with van der Waals surface area (Å²) in [5.41, 5.74) is 6.06. The Bertz CT molecular complexity index is 607. The van der Waals surface area contributed by atoms with Crippen LogP contribution in [0.4, 0.5) is 0 Å². The number of ether oxygens (including phenoxy) is 1. The number of thiocarbonyl (C=S) groups is 1. The van der Waals surface area contributed by atoms with Crippen LogP contribution in [0.15, 0.2) is 18.2 Å². The second kappa shape index (κ2) is 6.28. The molecule has 1 aromatic carbocycles. The van der Waals surface area contributed by atoms with Crippen LogP contribution >= 0.6 is 23.8 Å². The van der Waals surface area contributed by atoms with E-state index in [0.29, 0.717) is 16.3 Å². The second-order valence-electron chi connectivity index (χ2n) is 5.29. The lowest BCUT2D eigenvalue weighted by Crippen LogP contribution is -2.32. The van der Waals surface area contributed by atoms with Crippen LogP contribution in [0.3, 0.4) is 0 Å². The third-order valence-electron chi connectivity index (χ3n) is 2.76. The zero-order valence-electron chi connectivity index (χ0n) is 11.6. The molecule has 0 unspecified atom stereocenters. The van der Waals surface area contributed by atoms with E-state index in [1.165, 1.54) is 0 Å². The molecule has 0 saturated heterocycles. The van der Waals surface area contributed by atoms with Gasteiger partial charge in [-0.3, -0.25) is 0 Å². The highest BCUT2D eigenvalue weighted by atomic mass is 35.5. The Labute approximate surface area is 130 Å². The first-order valence-corrected chi connectivity index (χ1v) is 8.43. The third kappa shape index (κ3) is 4.33. The van der Waals surface area contributed by atoms with Gasteiger partial charge in [0.2, 0.25) is 0 Å². The van der Waals surface area contributed by atoms with Crippen molar-refractivity contribution in [3.05, 3.63) is 28.8 Å². The van der Waals surface area contributed by atoms with Crippen molar-refractivity contribution in [3.63, 3.8) is 0 Å². The Morgan fingerprint density at radius 1 is 1.40 bits per heavy atom. The Morgan fingerprint density at radius 2 is 2.00 bits per heavy atom. The smallest absolute Gasteiger partial charge is 0.158 e. The number of hydrogen-bond donors (Lipinski definition) is 1. The Hall–Kier alpha value is -0.850. The molecule has 0 aliphatic carbocycles. The van der Waals surface area contributed by atoms with Gasteiger partial charge >= 0.3 is 0 Å². The van der Waals surface area contributed by atoms with E-state index < -0.39 is 14.6 Å². The minimum Gasteiger partial charge on any atom is -0.492 e. The normalized spacial score (nSPS) is 12.2. The Balaban J connectivity index is 2.69. The summed E-state index contributed by atoms with van der Waals surface area (Å²) in [4.78, 5) is 0.205. The molecule has 0 radical (unpaired) electrons. The van der Waals surface area contributed by atoms with E-state index in [-0.39, 0.29) is 17.3 Å². The molecule has 0 spiro atoms. The first kappa shape index (κ1) is 17.2. The minimum absolute atomic E-state index is 0.0504. The SMILES string of the molecule is CC(C)(C)S(=O)(=O)CCOc1ccc(C(N)=S)c(Cl)c1. The van der Waals surface area contributed by atoms with Gasteiger partial charge in [-0.05, 0) is 39.0 Å². The summed E-state index contributed by atoms with van der Waals surface area (Å²) in [6, 6.07) is 4.88. The lowest BCUT2D eigenvalue weighted by Gasteiger charge is -2.19. The van der Waals surface area contributed by atoms with Gasteiger partial charge in [0.15, 0.2) is 9.84 Å². The summed E-state index contributed by atoms with van der Waals surface area (Å²) in [6.45, 7) is 5.06. The number of nitrogens with two attached hydrogens (primary N) is 1. The van der Waals surface area contributed by atoms with Crippen LogP contribution in [0.5, 0.6) is 5.75 Å². The van der Waals surface area contributed by atoms with Gasteiger partial charge in [-0.15, -0.1) is 0 Å². The largest absolute Gasteiger partial charge is 0.492 e. The lowest BCUT2D eigenvalue weighted by atomic mass is 10.2. The van der Waals surface area contributed by atoms with E-state index in [2.05, 4.69) is 0 Å². The summed E-state index contributed by atoms with van der Waals surface area (Å²) in [7, 11) is -3.20. The quantitative estimate of drug-likeness (QED) is 0.837. The predicted octanol–water partition coefficient (Wildman–Crippen LogP) is 2.57. The molecule has 0 amide bonds. The molecule has 0 aliphatic rings. The lowest BCUT2D eigenvalue weighted by molar-refractivity contribution is 0.340. The molecule has 0 fully saturated rings. The van der Waals surface area contributed by atoms with Crippen molar-refractivity contribution in [1.82, 2.24) is 0 Å². The van der Waals surface area contributed by atoms with Gasteiger partial charge in [0.1, 0.15) is 17.3 Å². The summed E-state index contributed by atoms with van der Waals surface area (Å²) >= 11 is 10.8. The molecule has 0 saturated carbocycles. The van der Waals surface area contributed by atoms with E-state index in [1.54, 1.807) is 39.0 Å². The summed E-state index contributed by atoms with van der Waals surface area (Å²) in [6.07, 6.45) is 0. The number of sulfone groups is 1. The first-order valence-electron chi connectivity index (χ1n) is 5.99. The first-order chi connectivity index (χ1) is 9.04. The third-order valence-corrected chi connectivity index (χ3v) is 5.86. The molecule has 4 nitrogen and oxygen atoms in total. The molecular weight excluding hydrogens is 318 g/mol. The van der Waals surface area contributed by atoms with Crippen molar-refractivity contribution < 1.29 is 13.2 Å². The molecule has 0 aliphatic heterocycles. The van der Waals surface area contributed by atoms with Gasteiger partial charge in [0, 0.05) is 5.56 Å². The summed E-state index contributed by atoms with van der Waals surface area (Å²) in [5.74, 6) is 0.435. The maximum atomic E-state index is 11.9. The molecule has 2 N–H and O–H groups in total. The summed E-state index contributed by atoms with van der Waals surface area (Å²) < 4.78 is 28.4. The van der Waals surface area contributed by atoms with Gasteiger partial charge in [-0.1, -0.05) is 23.8 Å². The van der Waals surface area contributed by atoms with Gasteiger partial charge in [-0.25, -0.2) is 8.42 Å². The van der Waals surface area contributed by atoms with Crippen LogP contribution in [0.2, 0.25) is 5.02 Å². The Kier molecular flexibility index (Phi) is 5.40. The maximum Gasteiger partial charge on any atom is 0.158 e. The fraction of sp³-hybridized carbons (Fsp3) is 0.462. The zero-order valence-corrected chi connectivity index (χ0v) is 14.0. The number of hydrogen-bond acceptors (Lipinski definition) is 4. The standard InChI is InChI=1S/C13H18ClNO3S2/c1-13(2,3)20(16,17)7-6-18-9-4-5-10(12(15)19)11(14)8-9/h4-5,8H,6-7H2,1-3H3,(H2,15,19). The van der Waals surface area contributed by atoms with Crippen molar-refractivity contribution in [2.75, 3.05) is 12.4 Å². The molecule has 0 atom stereocenters. The molecule has 1 aromatic rings. The zero-order chi connectivity index (χ0) is 15.6. The molecule has 0 aromatic heterocycles. The highest BCUT2D eigenvalue weighted by Gasteiger charge is 2.28. The average Bonchev–Trinajstić information content (AvgIpc) is 2.26. The van der Waals surface area contributed by atoms with Gasteiger partial charge in [-0.2, -0.15) is 0 Å². The van der Waals surface area contributed by atoms with Crippen LogP contribution in [0.25, 0.3) is 0 Å². The van der Waals surface area contributed by atoms with Crippen molar-refractivity contribution in [2.45, 2.75) is 25.5 Å². The molecule has 7 heteroatoms. The highest BCUT2D eigenvalue weighted by Crippen LogP contribution is 2.23. The van der Waals surface area contributed by atoms with Crippen molar-refractivity contribution >= 4 is 38.6 Å². The van der Waals surface area contributed by atoms with Crippen molar-refractivity contribution in [2.24, 2.45) is 5.73 Å². The van der Waals surface area contributed by atoms with Gasteiger partial charge in [0.05, 0.1) is 15.5 Å². The van der Waals surface area contributed by atoms with Crippen LogP contribution in [0, 0.1) is 0 Å². The second-order valence-corrected chi connectivity index (χ2v) is 9.00. The molecule has 112 valence electrons. The van der Waals surface area contributed by atoms with E-state index >= 15 is 0 Å². The minimum atomic E-state index is -3.20. The fourth-order valence-electron chi connectivity index (χ4n) is 1.36. The van der Waals surface area contributed by atoms with E-state index in [0.717, 1.165) is 0 Å². The van der Waals surface area contributed by atoms with E-state index in [1.807, 2.05) is 0 Å². The molecule has 1 rings (SSSR count). The molecule has 0 bridgehead atoms. The van der Waals surface area contributed by atoms with Crippen molar-refractivity contribution in [1.29, 1.82) is 0 Å². The molecule has 20 heavy (non-hydrogen) atoms. The number of rotatable bonds is 5. The van der Waals surface area contributed by atoms with Crippen LogP contribution in [-0.2, 0) is 9.84 Å². The molecular formula is C13H18ClNO3S2. The number of benzene rings is 1. The van der Waals surface area contributed by atoms with E-state index in [9.17, 15) is 8.42 Å².